The molecule has 1 aliphatic carbocycles. The normalized spacial score (nSPS) is 19.5. The molecule has 2 N–H and O–H groups in total. The summed E-state index contributed by atoms with van der Waals surface area (Å²) in [4.78, 5) is 22.4. The lowest BCUT2D eigenvalue weighted by atomic mass is 10.0. The summed E-state index contributed by atoms with van der Waals surface area (Å²) in [5, 5.41) is 18.6. The Balaban J connectivity index is 1.64. The largest absolute Gasteiger partial charge is 0.491 e. The van der Waals surface area contributed by atoms with Crippen LogP contribution in [0.25, 0.3) is 0 Å². The van der Waals surface area contributed by atoms with Gasteiger partial charge in [-0.3, -0.25) is 4.79 Å². The Hall–Kier alpha value is -2.16. The lowest BCUT2D eigenvalue weighted by Crippen LogP contribution is -2.24. The van der Waals surface area contributed by atoms with Gasteiger partial charge in [0, 0.05) is 23.5 Å². The number of ketones is 1. The highest BCUT2D eigenvalue weighted by Gasteiger charge is 2.29. The van der Waals surface area contributed by atoms with Gasteiger partial charge in [0.15, 0.2) is 5.78 Å². The van der Waals surface area contributed by atoms with E-state index in [2.05, 4.69) is 0 Å². The van der Waals surface area contributed by atoms with Crippen LogP contribution in [0.2, 0.25) is 0 Å². The van der Waals surface area contributed by atoms with Crippen molar-refractivity contribution >= 4 is 23.5 Å². The molecule has 0 saturated heterocycles. The number of unbranched alkanes of at least 4 members (excludes halogenated alkanes) is 1. The molecule has 0 bridgehead atoms. The van der Waals surface area contributed by atoms with Crippen LogP contribution in [0.5, 0.6) is 5.75 Å². The van der Waals surface area contributed by atoms with Crippen molar-refractivity contribution in [3.05, 3.63) is 54.4 Å². The van der Waals surface area contributed by atoms with Crippen LogP contribution in [-0.2, 0) is 14.3 Å². The molecular weight excluding hydrogens is 411 g/mol. The van der Waals surface area contributed by atoms with Gasteiger partial charge in [0.1, 0.15) is 24.8 Å². The summed E-state index contributed by atoms with van der Waals surface area (Å²) in [6, 6.07) is 5.61. The van der Waals surface area contributed by atoms with Gasteiger partial charge in [-0.15, -0.1) is 0 Å². The van der Waals surface area contributed by atoms with Gasteiger partial charge in [0.2, 0.25) is 0 Å². The second-order valence-electron chi connectivity index (χ2n) is 6.88. The number of hydrogen-bond acceptors (Lipinski definition) is 6. The summed E-state index contributed by atoms with van der Waals surface area (Å²) < 4.78 is 23.3. The average molecular weight is 439 g/mol. The topological polar surface area (TPSA) is 93.1 Å². The third-order valence-electron chi connectivity index (χ3n) is 4.39. The summed E-state index contributed by atoms with van der Waals surface area (Å²) in [6.45, 7) is 0.195. The van der Waals surface area contributed by atoms with E-state index in [0.29, 0.717) is 24.5 Å². The monoisotopic (exact) mass is 438 g/mol. The van der Waals surface area contributed by atoms with Crippen molar-refractivity contribution < 1.29 is 33.7 Å². The smallest absolute Gasteiger partial charge is 0.329 e. The van der Waals surface area contributed by atoms with Crippen LogP contribution in [0.3, 0.4) is 0 Å². The third kappa shape index (κ3) is 9.11. The fourth-order valence-corrected chi connectivity index (χ4v) is 4.06. The van der Waals surface area contributed by atoms with E-state index in [1.54, 1.807) is 6.08 Å². The molecule has 0 amide bonds. The Morgan fingerprint density at radius 3 is 2.77 bits per heavy atom. The van der Waals surface area contributed by atoms with Crippen molar-refractivity contribution in [2.24, 2.45) is 5.92 Å². The number of carbonyl (C=O) groups excluding carboxylic acids is 1. The molecule has 0 radical (unpaired) electrons. The molecule has 1 aromatic rings. The number of hydrogen-bond donors (Lipinski definition) is 2. The minimum atomic E-state index is -0.978. The first kappa shape index (κ1) is 24.1. The van der Waals surface area contributed by atoms with Crippen molar-refractivity contribution in [2.75, 3.05) is 25.6 Å². The van der Waals surface area contributed by atoms with Gasteiger partial charge in [0.05, 0.1) is 6.10 Å². The highest BCUT2D eigenvalue weighted by atomic mass is 32.2. The molecule has 0 heterocycles. The number of aliphatic carboxylic acids is 1. The zero-order valence-corrected chi connectivity index (χ0v) is 17.4. The maximum Gasteiger partial charge on any atom is 0.329 e. The summed E-state index contributed by atoms with van der Waals surface area (Å²) >= 11 is 1.51. The molecule has 1 aromatic carbocycles. The standard InChI is InChI=1S/C22H27FO6S/c23-16-6-8-18(9-7-16)29-13-17(24)15-30-21-11-10-20(25)19(21)5-3-1-2-4-12-28-14-22(26)27/h1,3,6-11,17,19,21,24H,2,4-5,12-15H2,(H,26,27)/b3-1-. The number of rotatable bonds is 14. The van der Waals surface area contributed by atoms with Gasteiger partial charge >= 0.3 is 5.97 Å². The first-order valence-electron chi connectivity index (χ1n) is 9.80. The molecule has 164 valence electrons. The molecule has 0 saturated carbocycles. The van der Waals surface area contributed by atoms with E-state index < -0.39 is 12.1 Å². The number of carboxylic acid groups (broad SMARTS) is 1. The Kier molecular flexibility index (Phi) is 10.6. The summed E-state index contributed by atoms with van der Waals surface area (Å²) in [5.41, 5.74) is 0. The van der Waals surface area contributed by atoms with Crippen molar-refractivity contribution in [1.82, 2.24) is 0 Å². The first-order chi connectivity index (χ1) is 14.5. The molecule has 0 fully saturated rings. The van der Waals surface area contributed by atoms with Crippen LogP contribution in [0.4, 0.5) is 4.39 Å². The fraction of sp³-hybridized carbons (Fsp3) is 0.455. The van der Waals surface area contributed by atoms with Gasteiger partial charge in [0.25, 0.3) is 0 Å². The summed E-state index contributed by atoms with van der Waals surface area (Å²) in [7, 11) is 0. The van der Waals surface area contributed by atoms with Crippen LogP contribution in [-0.4, -0.2) is 58.9 Å². The van der Waals surface area contributed by atoms with E-state index in [9.17, 15) is 19.1 Å². The van der Waals surface area contributed by atoms with E-state index in [0.717, 1.165) is 12.8 Å². The molecule has 3 atom stereocenters. The fourth-order valence-electron chi connectivity index (χ4n) is 2.85. The Morgan fingerprint density at radius 1 is 1.27 bits per heavy atom. The number of carbonyl (C=O) groups is 2. The maximum absolute atomic E-state index is 12.9. The van der Waals surface area contributed by atoms with E-state index in [4.69, 9.17) is 14.6 Å². The lowest BCUT2D eigenvalue weighted by Gasteiger charge is -2.18. The van der Waals surface area contributed by atoms with Crippen LogP contribution < -0.4 is 4.74 Å². The summed E-state index contributed by atoms with van der Waals surface area (Å²) in [5.74, 6) is -0.479. The lowest BCUT2D eigenvalue weighted by molar-refractivity contribution is -0.142. The average Bonchev–Trinajstić information content (AvgIpc) is 3.07. The SMILES string of the molecule is O=C(O)COCCC/C=C\CC1C(=O)C=CC1SCC(O)COc1ccc(F)cc1. The number of ether oxygens (including phenoxy) is 2. The zero-order chi connectivity index (χ0) is 21.8. The van der Waals surface area contributed by atoms with E-state index in [-0.39, 0.29) is 36.0 Å². The van der Waals surface area contributed by atoms with Crippen LogP contribution in [0.1, 0.15) is 19.3 Å². The van der Waals surface area contributed by atoms with Crippen molar-refractivity contribution in [3.8, 4) is 5.75 Å². The Labute approximate surface area is 179 Å². The molecule has 6 nitrogen and oxygen atoms in total. The molecule has 2 rings (SSSR count). The predicted molar refractivity (Wildman–Crippen MR) is 113 cm³/mol. The third-order valence-corrected chi connectivity index (χ3v) is 5.84. The Bertz CT molecular complexity index is 734. The molecule has 3 unspecified atom stereocenters. The van der Waals surface area contributed by atoms with Gasteiger partial charge in [-0.2, -0.15) is 11.8 Å². The van der Waals surface area contributed by atoms with Crippen LogP contribution in [0.15, 0.2) is 48.6 Å². The molecule has 0 spiro atoms. The number of halogens is 1. The van der Waals surface area contributed by atoms with Crippen molar-refractivity contribution in [3.63, 3.8) is 0 Å². The number of benzene rings is 1. The van der Waals surface area contributed by atoms with Gasteiger partial charge in [-0.1, -0.05) is 18.2 Å². The molecule has 8 heteroatoms. The minimum Gasteiger partial charge on any atom is -0.491 e. The van der Waals surface area contributed by atoms with Crippen LogP contribution in [0, 0.1) is 11.7 Å². The molecule has 1 aliphatic rings. The molecule has 0 aromatic heterocycles. The summed E-state index contributed by atoms with van der Waals surface area (Å²) in [6.07, 6.45) is 8.80. The number of carboxylic acids is 1. The number of allylic oxidation sites excluding steroid dienone is 3. The predicted octanol–water partition coefficient (Wildman–Crippen LogP) is 3.25. The van der Waals surface area contributed by atoms with E-state index in [1.807, 2.05) is 18.2 Å². The maximum atomic E-state index is 12.9. The van der Waals surface area contributed by atoms with E-state index in [1.165, 1.54) is 36.0 Å². The molecular formula is C22H27FO6S. The van der Waals surface area contributed by atoms with E-state index >= 15 is 0 Å². The highest BCUT2D eigenvalue weighted by molar-refractivity contribution is 8.00. The molecule has 0 aliphatic heterocycles. The second-order valence-corrected chi connectivity index (χ2v) is 8.09. The first-order valence-corrected chi connectivity index (χ1v) is 10.8. The molecule has 30 heavy (non-hydrogen) atoms. The van der Waals surface area contributed by atoms with Gasteiger partial charge in [-0.05, 0) is 49.6 Å². The van der Waals surface area contributed by atoms with Crippen molar-refractivity contribution in [2.45, 2.75) is 30.6 Å². The van der Waals surface area contributed by atoms with Gasteiger partial charge < -0.3 is 19.7 Å². The number of thioether (sulfide) groups is 1. The van der Waals surface area contributed by atoms with Crippen LogP contribution >= 0.6 is 11.8 Å². The van der Waals surface area contributed by atoms with Gasteiger partial charge in [-0.25, -0.2) is 9.18 Å². The van der Waals surface area contributed by atoms with Crippen molar-refractivity contribution in [1.29, 1.82) is 0 Å². The minimum absolute atomic E-state index is 0.00141. The zero-order valence-electron chi connectivity index (χ0n) is 16.6. The number of aliphatic hydroxyl groups excluding tert-OH is 1. The quantitative estimate of drug-likeness (QED) is 0.340. The highest BCUT2D eigenvalue weighted by Crippen LogP contribution is 2.31. The second kappa shape index (κ2) is 13.2. The number of aliphatic hydroxyl groups is 1. The Morgan fingerprint density at radius 2 is 2.03 bits per heavy atom.